The largest absolute Gasteiger partial charge is 0.478 e. The second-order valence-corrected chi connectivity index (χ2v) is 4.36. The van der Waals surface area contributed by atoms with Crippen molar-refractivity contribution in [2.24, 2.45) is 21.7 Å². The van der Waals surface area contributed by atoms with Gasteiger partial charge in [0.25, 0.3) is 0 Å². The van der Waals surface area contributed by atoms with E-state index in [1.54, 1.807) is 24.3 Å². The molecule has 0 aliphatic heterocycles. The lowest BCUT2D eigenvalue weighted by atomic mass is 9.99. The molecule has 7 heteroatoms. The highest BCUT2D eigenvalue weighted by atomic mass is 19.1. The van der Waals surface area contributed by atoms with E-state index in [0.717, 1.165) is 6.07 Å². The van der Waals surface area contributed by atoms with Crippen LogP contribution >= 0.6 is 0 Å². The van der Waals surface area contributed by atoms with Crippen molar-refractivity contribution in [3.63, 3.8) is 0 Å². The third-order valence-corrected chi connectivity index (χ3v) is 2.84. The Kier molecular flexibility index (Phi) is 4.47. The summed E-state index contributed by atoms with van der Waals surface area (Å²) in [5, 5.41) is 16.1. The van der Waals surface area contributed by atoms with E-state index in [1.165, 1.54) is 18.3 Å². The zero-order chi connectivity index (χ0) is 16.1. The van der Waals surface area contributed by atoms with E-state index in [2.05, 4.69) is 10.2 Å². The van der Waals surface area contributed by atoms with Crippen LogP contribution in [0.25, 0.3) is 11.1 Å². The molecule has 0 heterocycles. The molecule has 5 N–H and O–H groups in total. The lowest BCUT2D eigenvalue weighted by Crippen LogP contribution is -2.21. The average molecular weight is 300 g/mol. The second-order valence-electron chi connectivity index (χ2n) is 4.36. The van der Waals surface area contributed by atoms with Crippen LogP contribution in [0.2, 0.25) is 0 Å². The highest BCUT2D eigenvalue weighted by Crippen LogP contribution is 2.24. The van der Waals surface area contributed by atoms with Crippen molar-refractivity contribution < 1.29 is 14.3 Å². The lowest BCUT2D eigenvalue weighted by molar-refractivity contribution is 0.0692. The molecule has 2 rings (SSSR count). The van der Waals surface area contributed by atoms with Gasteiger partial charge >= 0.3 is 5.97 Å². The molecule has 0 atom stereocenters. The van der Waals surface area contributed by atoms with Gasteiger partial charge in [0, 0.05) is 5.56 Å². The average Bonchev–Trinajstić information content (AvgIpc) is 2.47. The summed E-state index contributed by atoms with van der Waals surface area (Å²) in [7, 11) is 0. The first-order valence-electron chi connectivity index (χ1n) is 6.23. The molecule has 2 aromatic rings. The summed E-state index contributed by atoms with van der Waals surface area (Å²) >= 11 is 0. The number of aromatic carboxylic acids is 1. The van der Waals surface area contributed by atoms with Gasteiger partial charge in [-0.15, -0.1) is 5.10 Å². The van der Waals surface area contributed by atoms with Gasteiger partial charge < -0.3 is 16.6 Å². The van der Waals surface area contributed by atoms with Crippen LogP contribution in [0.5, 0.6) is 0 Å². The van der Waals surface area contributed by atoms with Crippen molar-refractivity contribution >= 4 is 18.1 Å². The van der Waals surface area contributed by atoms with Crippen LogP contribution in [0, 0.1) is 5.82 Å². The first kappa shape index (κ1) is 15.2. The maximum atomic E-state index is 13.8. The van der Waals surface area contributed by atoms with Gasteiger partial charge in [-0.1, -0.05) is 30.3 Å². The molecule has 0 bridgehead atoms. The second kappa shape index (κ2) is 6.49. The van der Waals surface area contributed by atoms with Gasteiger partial charge in [0.2, 0.25) is 5.96 Å². The van der Waals surface area contributed by atoms with Gasteiger partial charge in [-0.25, -0.2) is 9.18 Å². The molecule has 0 aliphatic rings. The van der Waals surface area contributed by atoms with Crippen molar-refractivity contribution in [2.75, 3.05) is 0 Å². The number of hydrogen-bond acceptors (Lipinski definition) is 3. The summed E-state index contributed by atoms with van der Waals surface area (Å²) in [6.45, 7) is 0. The monoisotopic (exact) mass is 300 g/mol. The topological polar surface area (TPSA) is 114 Å². The number of hydrogen-bond donors (Lipinski definition) is 3. The molecule has 0 fully saturated rings. The Morgan fingerprint density at radius 1 is 1.18 bits per heavy atom. The normalized spacial score (nSPS) is 10.6. The van der Waals surface area contributed by atoms with Crippen LogP contribution in [0.1, 0.15) is 15.9 Å². The van der Waals surface area contributed by atoms with Gasteiger partial charge in [-0.05, 0) is 23.3 Å². The number of nitrogens with zero attached hydrogens (tertiary/aromatic N) is 2. The maximum Gasteiger partial charge on any atom is 0.338 e. The van der Waals surface area contributed by atoms with Crippen molar-refractivity contribution in [1.82, 2.24) is 0 Å². The van der Waals surface area contributed by atoms with Gasteiger partial charge in [0.05, 0.1) is 11.8 Å². The smallest absolute Gasteiger partial charge is 0.338 e. The number of carboxylic acid groups (broad SMARTS) is 1. The molecular weight excluding hydrogens is 287 g/mol. The molecule has 112 valence electrons. The fourth-order valence-corrected chi connectivity index (χ4v) is 1.89. The molecule has 0 saturated carbocycles. The van der Waals surface area contributed by atoms with E-state index in [9.17, 15) is 9.18 Å². The lowest BCUT2D eigenvalue weighted by Gasteiger charge is -2.07. The van der Waals surface area contributed by atoms with E-state index in [0.29, 0.717) is 16.7 Å². The van der Waals surface area contributed by atoms with E-state index in [4.69, 9.17) is 16.6 Å². The zero-order valence-electron chi connectivity index (χ0n) is 11.4. The Hall–Kier alpha value is -3.22. The zero-order valence-corrected chi connectivity index (χ0v) is 11.4. The molecule has 0 unspecified atom stereocenters. The Labute approximate surface area is 125 Å². The SMILES string of the molecule is NC(N)=NN=Cc1ccccc1-c1ccc(C(=O)O)c(F)c1. The molecular formula is C15H13FN4O2. The number of carboxylic acids is 1. The van der Waals surface area contributed by atoms with Crippen LogP contribution in [0.4, 0.5) is 4.39 Å². The van der Waals surface area contributed by atoms with Gasteiger partial charge in [-0.2, -0.15) is 5.10 Å². The third-order valence-electron chi connectivity index (χ3n) is 2.84. The summed E-state index contributed by atoms with van der Waals surface area (Å²) in [5.74, 6) is -2.29. The predicted octanol–water partition coefficient (Wildman–Crippen LogP) is 1.80. The van der Waals surface area contributed by atoms with Crippen molar-refractivity contribution in [3.05, 3.63) is 59.4 Å². The van der Waals surface area contributed by atoms with Crippen LogP contribution in [-0.2, 0) is 0 Å². The molecule has 0 spiro atoms. The molecule has 22 heavy (non-hydrogen) atoms. The number of benzene rings is 2. The Balaban J connectivity index is 2.45. The Morgan fingerprint density at radius 3 is 2.55 bits per heavy atom. The van der Waals surface area contributed by atoms with Gasteiger partial charge in [0.1, 0.15) is 5.82 Å². The first-order valence-corrected chi connectivity index (χ1v) is 6.23. The van der Waals surface area contributed by atoms with E-state index < -0.39 is 11.8 Å². The van der Waals surface area contributed by atoms with Crippen LogP contribution < -0.4 is 11.5 Å². The molecule has 0 radical (unpaired) electrons. The highest BCUT2D eigenvalue weighted by Gasteiger charge is 2.12. The Bertz CT molecular complexity index is 768. The fourth-order valence-electron chi connectivity index (χ4n) is 1.89. The summed E-state index contributed by atoms with van der Waals surface area (Å²) in [4.78, 5) is 10.8. The van der Waals surface area contributed by atoms with E-state index >= 15 is 0 Å². The van der Waals surface area contributed by atoms with Crippen molar-refractivity contribution in [3.8, 4) is 11.1 Å². The number of halogens is 1. The molecule has 0 aliphatic carbocycles. The van der Waals surface area contributed by atoms with Crippen molar-refractivity contribution in [2.45, 2.75) is 0 Å². The summed E-state index contributed by atoms with van der Waals surface area (Å²) in [6, 6.07) is 11.0. The number of carbonyl (C=O) groups is 1. The predicted molar refractivity (Wildman–Crippen MR) is 82.2 cm³/mol. The Morgan fingerprint density at radius 2 is 1.91 bits per heavy atom. The molecule has 0 amide bonds. The number of guanidine groups is 1. The molecule has 0 saturated heterocycles. The quantitative estimate of drug-likeness (QED) is 0.453. The molecule has 2 aromatic carbocycles. The van der Waals surface area contributed by atoms with E-state index in [1.807, 2.05) is 0 Å². The maximum absolute atomic E-state index is 13.8. The fraction of sp³-hybridized carbons (Fsp3) is 0. The first-order chi connectivity index (χ1) is 10.5. The minimum Gasteiger partial charge on any atom is -0.478 e. The summed E-state index contributed by atoms with van der Waals surface area (Å²) in [5.41, 5.74) is 11.8. The van der Waals surface area contributed by atoms with Crippen molar-refractivity contribution in [1.29, 1.82) is 0 Å². The number of nitrogens with two attached hydrogens (primary N) is 2. The standard InChI is InChI=1S/C15H13FN4O2/c16-13-7-9(5-6-12(13)14(21)22)11-4-2-1-3-10(11)8-19-20-15(17)18/h1-8H,(H,21,22)(H4,17,18,20). The van der Waals surface area contributed by atoms with Gasteiger partial charge in [0.15, 0.2) is 0 Å². The van der Waals surface area contributed by atoms with Crippen LogP contribution in [0.15, 0.2) is 52.7 Å². The van der Waals surface area contributed by atoms with Gasteiger partial charge in [-0.3, -0.25) is 0 Å². The summed E-state index contributed by atoms with van der Waals surface area (Å²) < 4.78 is 13.8. The minimum atomic E-state index is -1.31. The summed E-state index contributed by atoms with van der Waals surface area (Å²) in [6.07, 6.45) is 1.43. The minimum absolute atomic E-state index is 0.175. The molecule has 0 aromatic heterocycles. The van der Waals surface area contributed by atoms with Crippen LogP contribution in [-0.4, -0.2) is 23.2 Å². The van der Waals surface area contributed by atoms with Crippen LogP contribution in [0.3, 0.4) is 0 Å². The number of rotatable bonds is 4. The third kappa shape index (κ3) is 3.45. The molecule has 6 nitrogen and oxygen atoms in total. The van der Waals surface area contributed by atoms with E-state index in [-0.39, 0.29) is 11.5 Å². The highest BCUT2D eigenvalue weighted by molar-refractivity contribution is 5.92.